The predicted molar refractivity (Wildman–Crippen MR) is 107 cm³/mol. The Morgan fingerprint density at radius 1 is 1.40 bits per heavy atom. The maximum absolute atomic E-state index is 12.4. The van der Waals surface area contributed by atoms with Gasteiger partial charge in [0, 0.05) is 17.5 Å². The molecular weight excluding hydrogens is 355 g/mol. The number of allylic oxidation sites excluding steroid dienone is 1. The lowest BCUT2D eigenvalue weighted by molar-refractivity contribution is 0.0942. The fourth-order valence-electron chi connectivity index (χ4n) is 1.99. The third-order valence-corrected chi connectivity index (χ3v) is 4.61. The normalized spacial score (nSPS) is 10.8. The smallest absolute Gasteiger partial charge is 0.271 e. The average Bonchev–Trinajstić information content (AvgIpc) is 2.61. The number of rotatable bonds is 6. The van der Waals surface area contributed by atoms with Crippen LogP contribution in [0.15, 0.2) is 53.2 Å². The van der Waals surface area contributed by atoms with E-state index in [0.717, 1.165) is 10.9 Å². The average molecular weight is 374 g/mol. The van der Waals surface area contributed by atoms with Gasteiger partial charge in [-0.25, -0.2) is 0 Å². The van der Waals surface area contributed by atoms with Crippen LogP contribution in [0.4, 0.5) is 0 Å². The van der Waals surface area contributed by atoms with Crippen molar-refractivity contribution in [3.8, 4) is 5.75 Å². The van der Waals surface area contributed by atoms with Gasteiger partial charge in [0.15, 0.2) is 11.4 Å². The summed E-state index contributed by atoms with van der Waals surface area (Å²) >= 11 is 1.32. The molecule has 1 amide bonds. The molecule has 1 unspecified atom stereocenters. The summed E-state index contributed by atoms with van der Waals surface area (Å²) in [4.78, 5) is 27.6. The van der Waals surface area contributed by atoms with Gasteiger partial charge in [-0.15, -0.1) is 9.24 Å². The fourth-order valence-corrected chi connectivity index (χ4v) is 2.72. The number of aromatic hydroxyl groups is 1. The second-order valence-corrected chi connectivity index (χ2v) is 6.87. The number of carbonyl (C=O) groups is 1. The van der Waals surface area contributed by atoms with Gasteiger partial charge in [0.25, 0.3) is 5.91 Å². The molecule has 3 N–H and O–H groups in total. The van der Waals surface area contributed by atoms with Crippen molar-refractivity contribution < 1.29 is 9.90 Å². The second-order valence-electron chi connectivity index (χ2n) is 5.21. The maximum atomic E-state index is 12.4. The number of pyridine rings is 1. The number of thioether (sulfide) groups is 1. The van der Waals surface area contributed by atoms with Crippen LogP contribution in [-0.2, 0) is 6.54 Å². The first-order chi connectivity index (χ1) is 11.9. The highest BCUT2D eigenvalue weighted by Crippen LogP contribution is 2.25. The van der Waals surface area contributed by atoms with E-state index in [-0.39, 0.29) is 12.2 Å². The maximum Gasteiger partial charge on any atom is 0.271 e. The summed E-state index contributed by atoms with van der Waals surface area (Å²) < 4.78 is 0. The number of benzene rings is 1. The molecule has 0 aliphatic heterocycles. The SMILES string of the molecule is C=C(S/C=C\C)c1cc(=O)c(O)c(C(=O)NCc2ccc(P)cc2)[nH]1. The van der Waals surface area contributed by atoms with Gasteiger partial charge in [-0.1, -0.05) is 48.7 Å². The zero-order valence-electron chi connectivity index (χ0n) is 13.7. The Balaban J connectivity index is 2.20. The highest BCUT2D eigenvalue weighted by Gasteiger charge is 2.16. The Hall–Kier alpha value is -2.30. The van der Waals surface area contributed by atoms with Gasteiger partial charge in [0.05, 0.1) is 5.69 Å². The van der Waals surface area contributed by atoms with Gasteiger partial charge in [-0.3, -0.25) is 9.59 Å². The Bertz CT molecular complexity index is 873. The molecular formula is C18H19N2O3PS. The number of hydrogen-bond acceptors (Lipinski definition) is 4. The standard InChI is InChI=1S/C18H19N2O3PS/c1-3-8-25-11(2)14-9-15(21)17(22)16(20-14)18(23)19-10-12-4-6-13(24)7-5-12/h3-9,22H,2,10,24H2,1H3,(H,19,23)(H,20,21)/b8-3-. The van der Waals surface area contributed by atoms with E-state index in [0.29, 0.717) is 10.6 Å². The van der Waals surface area contributed by atoms with Crippen LogP contribution in [-0.4, -0.2) is 16.0 Å². The molecule has 1 heterocycles. The minimum Gasteiger partial charge on any atom is -0.503 e. The number of nitrogens with one attached hydrogen (secondary N) is 2. The van der Waals surface area contributed by atoms with E-state index in [4.69, 9.17) is 0 Å². The van der Waals surface area contributed by atoms with Crippen molar-refractivity contribution in [2.45, 2.75) is 13.5 Å². The molecule has 1 aromatic heterocycles. The van der Waals surface area contributed by atoms with E-state index in [1.807, 2.05) is 42.7 Å². The van der Waals surface area contributed by atoms with E-state index >= 15 is 0 Å². The van der Waals surface area contributed by atoms with E-state index in [1.165, 1.54) is 17.8 Å². The first-order valence-corrected chi connectivity index (χ1v) is 8.94. The molecule has 1 aromatic carbocycles. The van der Waals surface area contributed by atoms with Crippen LogP contribution >= 0.6 is 21.0 Å². The lowest BCUT2D eigenvalue weighted by Crippen LogP contribution is -2.26. The molecule has 0 aliphatic rings. The molecule has 0 bridgehead atoms. The largest absolute Gasteiger partial charge is 0.503 e. The van der Waals surface area contributed by atoms with Crippen LogP contribution in [0.2, 0.25) is 0 Å². The summed E-state index contributed by atoms with van der Waals surface area (Å²) in [6.07, 6.45) is 1.84. The van der Waals surface area contributed by atoms with Gasteiger partial charge in [0.1, 0.15) is 0 Å². The first kappa shape index (κ1) is 19.0. The number of aromatic amines is 1. The monoisotopic (exact) mass is 374 g/mol. The molecule has 2 rings (SSSR count). The minimum atomic E-state index is -0.631. The summed E-state index contributed by atoms with van der Waals surface area (Å²) in [7, 11) is 2.59. The molecule has 0 radical (unpaired) electrons. The summed E-state index contributed by atoms with van der Waals surface area (Å²) in [5, 5.41) is 15.5. The lowest BCUT2D eigenvalue weighted by atomic mass is 10.2. The van der Waals surface area contributed by atoms with E-state index in [9.17, 15) is 14.7 Å². The molecule has 5 nitrogen and oxygen atoms in total. The van der Waals surface area contributed by atoms with Crippen LogP contribution in [0.5, 0.6) is 5.75 Å². The molecule has 25 heavy (non-hydrogen) atoms. The van der Waals surface area contributed by atoms with Crippen molar-refractivity contribution in [1.82, 2.24) is 10.3 Å². The summed E-state index contributed by atoms with van der Waals surface area (Å²) in [5.74, 6) is -1.17. The third kappa shape index (κ3) is 5.08. The zero-order chi connectivity index (χ0) is 18.4. The van der Waals surface area contributed by atoms with Crippen molar-refractivity contribution >= 4 is 37.1 Å². The van der Waals surface area contributed by atoms with E-state index in [2.05, 4.69) is 26.1 Å². The molecule has 0 saturated carbocycles. The summed E-state index contributed by atoms with van der Waals surface area (Å²) in [6, 6.07) is 8.82. The number of amides is 1. The number of H-pyrrole nitrogens is 1. The van der Waals surface area contributed by atoms with E-state index < -0.39 is 17.1 Å². The number of aromatic nitrogens is 1. The van der Waals surface area contributed by atoms with Crippen molar-refractivity contribution in [3.63, 3.8) is 0 Å². The highest BCUT2D eigenvalue weighted by atomic mass is 32.2. The van der Waals surface area contributed by atoms with Crippen LogP contribution in [0.25, 0.3) is 4.91 Å². The molecule has 0 aliphatic carbocycles. The Labute approximate surface area is 152 Å². The minimum absolute atomic E-state index is 0.174. The van der Waals surface area contributed by atoms with Gasteiger partial charge in [0.2, 0.25) is 5.43 Å². The number of hydrogen-bond donors (Lipinski definition) is 3. The quantitative estimate of drug-likeness (QED) is 0.679. The second kappa shape index (κ2) is 8.70. The molecule has 2 aromatic rings. The zero-order valence-corrected chi connectivity index (χ0v) is 15.7. The van der Waals surface area contributed by atoms with Crippen LogP contribution in [0.1, 0.15) is 28.7 Å². The van der Waals surface area contributed by atoms with Gasteiger partial charge < -0.3 is 15.4 Å². The summed E-state index contributed by atoms with van der Waals surface area (Å²) in [6.45, 7) is 6.01. The van der Waals surface area contributed by atoms with Crippen molar-refractivity contribution in [2.24, 2.45) is 0 Å². The number of carbonyl (C=O) groups excluding carboxylic acids is 1. The van der Waals surface area contributed by atoms with E-state index in [1.54, 1.807) is 0 Å². The van der Waals surface area contributed by atoms with Gasteiger partial charge in [-0.2, -0.15) is 0 Å². The van der Waals surface area contributed by atoms with Crippen molar-refractivity contribution in [1.29, 1.82) is 0 Å². The molecule has 1 atom stereocenters. The highest BCUT2D eigenvalue weighted by molar-refractivity contribution is 8.10. The van der Waals surface area contributed by atoms with Gasteiger partial charge in [-0.05, 0) is 23.2 Å². The molecule has 130 valence electrons. The summed E-state index contributed by atoms with van der Waals surface area (Å²) in [5.41, 5.74) is 0.495. The third-order valence-electron chi connectivity index (χ3n) is 3.31. The topological polar surface area (TPSA) is 82.2 Å². The van der Waals surface area contributed by atoms with Gasteiger partial charge >= 0.3 is 0 Å². The fraction of sp³-hybridized carbons (Fsp3) is 0.111. The first-order valence-electron chi connectivity index (χ1n) is 7.48. The molecule has 0 fully saturated rings. The Kier molecular flexibility index (Phi) is 6.62. The van der Waals surface area contributed by atoms with Crippen molar-refractivity contribution in [2.75, 3.05) is 0 Å². The van der Waals surface area contributed by atoms with Crippen LogP contribution in [0.3, 0.4) is 0 Å². The molecule has 0 spiro atoms. The van der Waals surface area contributed by atoms with Crippen molar-refractivity contribution in [3.05, 3.63) is 75.6 Å². The predicted octanol–water partition coefficient (Wildman–Crippen LogP) is 2.75. The Morgan fingerprint density at radius 3 is 2.72 bits per heavy atom. The molecule has 0 saturated heterocycles. The Morgan fingerprint density at radius 2 is 2.08 bits per heavy atom. The van der Waals surface area contributed by atoms with Crippen LogP contribution < -0.4 is 16.1 Å². The van der Waals surface area contributed by atoms with Crippen LogP contribution in [0, 0.1) is 0 Å². The lowest BCUT2D eigenvalue weighted by Gasteiger charge is -2.10. The molecule has 7 heteroatoms.